The number of benzene rings is 1. The Morgan fingerprint density at radius 2 is 1.89 bits per heavy atom. The van der Waals surface area contributed by atoms with Crippen molar-refractivity contribution >= 4 is 22.9 Å². The van der Waals surface area contributed by atoms with Crippen molar-refractivity contribution in [3.63, 3.8) is 0 Å². The summed E-state index contributed by atoms with van der Waals surface area (Å²) in [4.78, 5) is 1.05. The number of ether oxygens (including phenoxy) is 2. The molecule has 102 valence electrons. The highest BCUT2D eigenvalue weighted by Crippen LogP contribution is 2.28. The van der Waals surface area contributed by atoms with Crippen LogP contribution in [0, 0.1) is 0 Å². The number of nitrogens with two attached hydrogens (primary N) is 1. The second-order valence-electron chi connectivity index (χ2n) is 3.90. The molecule has 1 aromatic carbocycles. The molecule has 0 aliphatic heterocycles. The first-order valence-electron chi connectivity index (χ1n) is 6.04. The number of thiophene rings is 1. The minimum Gasteiger partial charge on any atom is -0.491 e. The molecule has 0 saturated heterocycles. The zero-order valence-corrected chi connectivity index (χ0v) is 12.0. The molecule has 1 aromatic heterocycles. The van der Waals surface area contributed by atoms with Gasteiger partial charge >= 0.3 is 0 Å². The van der Waals surface area contributed by atoms with Crippen LogP contribution in [0.4, 0.5) is 0 Å². The van der Waals surface area contributed by atoms with Crippen molar-refractivity contribution in [2.75, 3.05) is 19.8 Å². The summed E-state index contributed by atoms with van der Waals surface area (Å²) in [5, 5.41) is 0. The van der Waals surface area contributed by atoms with Crippen LogP contribution < -0.4 is 10.5 Å². The van der Waals surface area contributed by atoms with E-state index in [1.54, 1.807) is 0 Å². The molecule has 1 unspecified atom stereocenters. The van der Waals surface area contributed by atoms with Crippen LogP contribution in [0.25, 0.3) is 0 Å². The fourth-order valence-corrected chi connectivity index (χ4v) is 2.76. The lowest BCUT2D eigenvalue weighted by Gasteiger charge is -2.14. The predicted molar refractivity (Wildman–Crippen MR) is 79.0 cm³/mol. The number of halogens is 1. The van der Waals surface area contributed by atoms with Crippen LogP contribution in [-0.2, 0) is 4.74 Å². The Kier molecular flexibility index (Phi) is 5.66. The van der Waals surface area contributed by atoms with Gasteiger partial charge in [-0.15, -0.1) is 11.3 Å². The van der Waals surface area contributed by atoms with Gasteiger partial charge in [-0.25, -0.2) is 0 Å². The van der Waals surface area contributed by atoms with E-state index >= 15 is 0 Å². The van der Waals surface area contributed by atoms with Crippen LogP contribution in [0.5, 0.6) is 5.75 Å². The minimum atomic E-state index is -0.114. The number of para-hydroxylation sites is 1. The zero-order valence-electron chi connectivity index (χ0n) is 10.4. The molecule has 5 heteroatoms. The quantitative estimate of drug-likeness (QED) is 0.796. The van der Waals surface area contributed by atoms with Crippen molar-refractivity contribution in [1.29, 1.82) is 0 Å². The molecule has 2 N–H and O–H groups in total. The second kappa shape index (κ2) is 7.50. The summed E-state index contributed by atoms with van der Waals surface area (Å²) in [5.74, 6) is 0.842. The normalized spacial score (nSPS) is 12.3. The maximum Gasteiger partial charge on any atom is 0.119 e. The molecule has 1 atom stereocenters. The van der Waals surface area contributed by atoms with Crippen LogP contribution >= 0.6 is 22.9 Å². The average molecular weight is 298 g/mol. The highest BCUT2D eigenvalue weighted by Gasteiger charge is 2.12. The highest BCUT2D eigenvalue weighted by molar-refractivity contribution is 7.16. The molecule has 0 bridgehead atoms. The fourth-order valence-electron chi connectivity index (χ4n) is 1.63. The third kappa shape index (κ3) is 4.51. The number of rotatable bonds is 7. The smallest absolute Gasteiger partial charge is 0.119 e. The summed E-state index contributed by atoms with van der Waals surface area (Å²) in [7, 11) is 0. The molecule has 0 spiro atoms. The van der Waals surface area contributed by atoms with E-state index in [0.29, 0.717) is 19.8 Å². The Morgan fingerprint density at radius 3 is 2.53 bits per heavy atom. The van der Waals surface area contributed by atoms with Crippen molar-refractivity contribution < 1.29 is 9.47 Å². The third-order valence-corrected chi connectivity index (χ3v) is 3.86. The molecular weight excluding hydrogens is 282 g/mol. The fraction of sp³-hybridized carbons (Fsp3) is 0.286. The summed E-state index contributed by atoms with van der Waals surface area (Å²) in [6.07, 6.45) is -0.114. The standard InChI is InChI=1S/C14H16ClNO2S/c15-14-7-6-13(19-14)12(10-16)18-9-8-17-11-4-2-1-3-5-11/h1-7,12H,8-10,16H2. The molecule has 1 heterocycles. The first kappa shape index (κ1) is 14.3. The van der Waals surface area contributed by atoms with Gasteiger partial charge in [0.05, 0.1) is 10.9 Å². The van der Waals surface area contributed by atoms with Gasteiger partial charge in [-0.1, -0.05) is 29.8 Å². The summed E-state index contributed by atoms with van der Waals surface area (Å²) >= 11 is 7.39. The Morgan fingerprint density at radius 1 is 1.11 bits per heavy atom. The van der Waals surface area contributed by atoms with Gasteiger partial charge in [0, 0.05) is 11.4 Å². The molecule has 0 aliphatic carbocycles. The lowest BCUT2D eigenvalue weighted by atomic mass is 10.3. The van der Waals surface area contributed by atoms with Crippen LogP contribution in [0.15, 0.2) is 42.5 Å². The highest BCUT2D eigenvalue weighted by atomic mass is 35.5. The number of hydrogen-bond acceptors (Lipinski definition) is 4. The van der Waals surface area contributed by atoms with Crippen LogP contribution in [0.2, 0.25) is 4.34 Å². The first-order valence-corrected chi connectivity index (χ1v) is 7.24. The van der Waals surface area contributed by atoms with Gasteiger partial charge < -0.3 is 15.2 Å². The Hall–Kier alpha value is -1.07. The minimum absolute atomic E-state index is 0.114. The van der Waals surface area contributed by atoms with E-state index in [1.165, 1.54) is 11.3 Å². The Bertz CT molecular complexity index is 489. The summed E-state index contributed by atoms with van der Waals surface area (Å²) in [6.45, 7) is 1.42. The molecule has 19 heavy (non-hydrogen) atoms. The van der Waals surface area contributed by atoms with Crippen LogP contribution in [-0.4, -0.2) is 19.8 Å². The summed E-state index contributed by atoms with van der Waals surface area (Å²) in [6, 6.07) is 13.5. The monoisotopic (exact) mass is 297 g/mol. The SMILES string of the molecule is NCC(OCCOc1ccccc1)c1ccc(Cl)s1. The van der Waals surface area contributed by atoms with Gasteiger partial charge in [0.1, 0.15) is 18.5 Å². The van der Waals surface area contributed by atoms with Crippen molar-refractivity contribution in [2.45, 2.75) is 6.10 Å². The van der Waals surface area contributed by atoms with Crippen molar-refractivity contribution in [3.05, 3.63) is 51.7 Å². The molecule has 2 rings (SSSR count). The Labute approximate surface area is 121 Å². The van der Waals surface area contributed by atoms with Crippen LogP contribution in [0.1, 0.15) is 11.0 Å². The van der Waals surface area contributed by atoms with E-state index in [2.05, 4.69) is 0 Å². The predicted octanol–water partition coefficient (Wildman–Crippen LogP) is 3.50. The van der Waals surface area contributed by atoms with Crippen molar-refractivity contribution in [3.8, 4) is 5.75 Å². The van der Waals surface area contributed by atoms with Gasteiger partial charge in [0.25, 0.3) is 0 Å². The van der Waals surface area contributed by atoms with E-state index < -0.39 is 0 Å². The maximum absolute atomic E-state index is 5.90. The lowest BCUT2D eigenvalue weighted by Crippen LogP contribution is -2.18. The lowest BCUT2D eigenvalue weighted by molar-refractivity contribution is 0.0401. The van der Waals surface area contributed by atoms with Crippen molar-refractivity contribution in [1.82, 2.24) is 0 Å². The van der Waals surface area contributed by atoms with Gasteiger partial charge in [-0.2, -0.15) is 0 Å². The maximum atomic E-state index is 5.90. The summed E-state index contributed by atoms with van der Waals surface area (Å²) < 4.78 is 12.0. The molecule has 0 radical (unpaired) electrons. The van der Waals surface area contributed by atoms with E-state index in [0.717, 1.165) is 15.0 Å². The van der Waals surface area contributed by atoms with E-state index in [4.69, 9.17) is 26.8 Å². The van der Waals surface area contributed by atoms with Gasteiger partial charge in [0.15, 0.2) is 0 Å². The molecule has 0 aliphatic rings. The Balaban J connectivity index is 1.75. The molecular formula is C14H16ClNO2S. The molecule has 0 amide bonds. The third-order valence-electron chi connectivity index (χ3n) is 2.54. The summed E-state index contributed by atoms with van der Waals surface area (Å²) in [5.41, 5.74) is 5.71. The topological polar surface area (TPSA) is 44.5 Å². The average Bonchev–Trinajstić information content (AvgIpc) is 2.86. The zero-order chi connectivity index (χ0) is 13.5. The molecule has 0 saturated carbocycles. The number of hydrogen-bond donors (Lipinski definition) is 1. The van der Waals surface area contributed by atoms with Gasteiger partial charge in [-0.3, -0.25) is 0 Å². The molecule has 3 nitrogen and oxygen atoms in total. The second-order valence-corrected chi connectivity index (χ2v) is 5.65. The van der Waals surface area contributed by atoms with E-state index in [1.807, 2.05) is 42.5 Å². The van der Waals surface area contributed by atoms with Crippen molar-refractivity contribution in [2.24, 2.45) is 5.73 Å². The molecule has 2 aromatic rings. The molecule has 0 fully saturated rings. The first-order chi connectivity index (χ1) is 9.29. The van der Waals surface area contributed by atoms with Gasteiger partial charge in [-0.05, 0) is 24.3 Å². The van der Waals surface area contributed by atoms with Crippen LogP contribution in [0.3, 0.4) is 0 Å². The van der Waals surface area contributed by atoms with E-state index in [9.17, 15) is 0 Å². The largest absolute Gasteiger partial charge is 0.491 e. The van der Waals surface area contributed by atoms with Gasteiger partial charge in [0.2, 0.25) is 0 Å². The van der Waals surface area contributed by atoms with E-state index in [-0.39, 0.29) is 6.10 Å².